The molecule has 0 unspecified atom stereocenters. The molecule has 1 aromatic heterocycles. The number of aromatic nitrogens is 2. The number of nitrogens with zero attached hydrogens (tertiary/aromatic N) is 2. The summed E-state index contributed by atoms with van der Waals surface area (Å²) in [6.45, 7) is 4.77. The number of carboxylic acids is 1. The van der Waals surface area contributed by atoms with Crippen LogP contribution in [-0.2, 0) is 20.6 Å². The van der Waals surface area contributed by atoms with Crippen LogP contribution in [0.25, 0.3) is 0 Å². The predicted octanol–water partition coefficient (Wildman–Crippen LogP) is 5.90. The van der Waals surface area contributed by atoms with E-state index in [1.165, 1.54) is 30.6 Å². The number of hydrogen-bond acceptors (Lipinski definition) is 8. The topological polar surface area (TPSA) is 205 Å². The van der Waals surface area contributed by atoms with Gasteiger partial charge in [0.15, 0.2) is 0 Å². The number of hydrogen-bond donors (Lipinski definition) is 6. The fourth-order valence-corrected chi connectivity index (χ4v) is 4.07. The maximum atomic E-state index is 13.0. The molecule has 0 aliphatic heterocycles. The van der Waals surface area contributed by atoms with E-state index >= 15 is 0 Å². The van der Waals surface area contributed by atoms with Crippen LogP contribution in [0.1, 0.15) is 51.1 Å². The Kier molecular flexibility index (Phi) is 13.3. The van der Waals surface area contributed by atoms with Gasteiger partial charge >= 0.3 is 12.1 Å². The summed E-state index contributed by atoms with van der Waals surface area (Å²) in [7, 11) is 0. The standard InChI is InChI=1S/C31H27F3N6O5.C3H5NO/c1-18-11-12-23(38-28(44)19-5-2-6-20(13-19)31(32,33)34)15-25(18)29(45)39-24-16-35-30(36-17-24)40-22-8-3-7-21(14-22)37-26(41)9-4-10-27(42)43;1-2-3(4)5/h2-3,5-8,11-17H,4,9-10H2,1H3,(H,37,41)(H,38,44)(H,39,45)(H,42,43)(H,35,36,40);2H,1H2,(H2,4,5). The SMILES string of the molecule is C=CC(N)=O.Cc1ccc(NC(=O)c2cccc(C(F)(F)F)c2)cc1C(=O)Nc1cnc(Nc2cccc(NC(=O)CCCC(=O)O)c2)nc1. The number of carbonyl (C=O) groups is 5. The van der Waals surface area contributed by atoms with Crippen LogP contribution in [0, 0.1) is 6.92 Å². The van der Waals surface area contributed by atoms with Crippen LogP contribution >= 0.6 is 0 Å². The third kappa shape index (κ3) is 12.2. The predicted molar refractivity (Wildman–Crippen MR) is 180 cm³/mol. The van der Waals surface area contributed by atoms with E-state index in [0.717, 1.165) is 24.3 Å². The second-order valence-electron chi connectivity index (χ2n) is 10.4. The Morgan fingerprint density at radius 2 is 1.44 bits per heavy atom. The number of primary amides is 1. The van der Waals surface area contributed by atoms with E-state index in [1.807, 2.05) is 0 Å². The first-order valence-corrected chi connectivity index (χ1v) is 14.7. The monoisotopic (exact) mass is 691 g/mol. The zero-order chi connectivity index (χ0) is 36.8. The average Bonchev–Trinajstić information content (AvgIpc) is 3.06. The molecule has 0 spiro atoms. The first-order chi connectivity index (χ1) is 23.6. The van der Waals surface area contributed by atoms with Gasteiger partial charge in [-0.1, -0.05) is 24.8 Å². The van der Waals surface area contributed by atoms with Crippen LogP contribution in [0.2, 0.25) is 0 Å². The second kappa shape index (κ2) is 17.5. The Labute approximate surface area is 283 Å². The van der Waals surface area contributed by atoms with Crippen LogP contribution < -0.4 is 27.0 Å². The highest BCUT2D eigenvalue weighted by molar-refractivity contribution is 6.08. The van der Waals surface area contributed by atoms with Crippen molar-refractivity contribution >= 4 is 58.3 Å². The molecule has 0 bridgehead atoms. The quantitative estimate of drug-likeness (QED) is 0.0977. The highest BCUT2D eigenvalue weighted by Crippen LogP contribution is 2.30. The number of aryl methyl sites for hydroxylation is 1. The summed E-state index contributed by atoms with van der Waals surface area (Å²) in [5.41, 5.74) is 5.72. The summed E-state index contributed by atoms with van der Waals surface area (Å²) in [4.78, 5) is 66.1. The van der Waals surface area contributed by atoms with Gasteiger partial charge in [-0.25, -0.2) is 9.97 Å². The molecule has 0 aliphatic rings. The van der Waals surface area contributed by atoms with Gasteiger partial charge in [0.1, 0.15) is 0 Å². The van der Waals surface area contributed by atoms with Gasteiger partial charge in [0.2, 0.25) is 17.8 Å². The first kappa shape index (κ1) is 37.9. The first-order valence-electron chi connectivity index (χ1n) is 14.7. The fourth-order valence-electron chi connectivity index (χ4n) is 4.07. The molecule has 0 saturated heterocycles. The molecule has 0 aliphatic carbocycles. The Balaban J connectivity index is 0.00000126. The van der Waals surface area contributed by atoms with Crippen molar-refractivity contribution in [2.75, 3.05) is 21.3 Å². The number of rotatable bonds is 12. The van der Waals surface area contributed by atoms with E-state index in [1.54, 1.807) is 37.3 Å². The lowest BCUT2D eigenvalue weighted by molar-refractivity contribution is -0.138. The van der Waals surface area contributed by atoms with Crippen LogP contribution in [0.15, 0.2) is 91.8 Å². The lowest BCUT2D eigenvalue weighted by atomic mass is 10.1. The minimum atomic E-state index is -4.60. The van der Waals surface area contributed by atoms with Crippen molar-refractivity contribution in [2.24, 2.45) is 5.73 Å². The average molecular weight is 692 g/mol. The third-order valence-corrected chi connectivity index (χ3v) is 6.50. The van der Waals surface area contributed by atoms with Gasteiger partial charge in [-0.3, -0.25) is 24.0 Å². The number of aliphatic carboxylic acids is 1. The molecule has 7 N–H and O–H groups in total. The normalized spacial score (nSPS) is 10.5. The molecular formula is C34H32F3N7O6. The summed E-state index contributed by atoms with van der Waals surface area (Å²) in [6.07, 6.45) is -0.607. The van der Waals surface area contributed by atoms with Gasteiger partial charge in [-0.2, -0.15) is 13.2 Å². The highest BCUT2D eigenvalue weighted by atomic mass is 19.4. The molecule has 1 heterocycles. The van der Waals surface area contributed by atoms with Gasteiger partial charge in [0.05, 0.1) is 23.6 Å². The summed E-state index contributed by atoms with van der Waals surface area (Å²) < 4.78 is 39.1. The van der Waals surface area contributed by atoms with Crippen molar-refractivity contribution in [1.82, 2.24) is 9.97 Å². The maximum Gasteiger partial charge on any atom is 0.416 e. The molecule has 3 aromatic carbocycles. The van der Waals surface area contributed by atoms with E-state index in [2.05, 4.69) is 43.5 Å². The molecule has 260 valence electrons. The maximum absolute atomic E-state index is 13.0. The van der Waals surface area contributed by atoms with Crippen molar-refractivity contribution < 1.29 is 42.3 Å². The lowest BCUT2D eigenvalue weighted by Crippen LogP contribution is -2.16. The Bertz CT molecular complexity index is 1880. The largest absolute Gasteiger partial charge is 0.481 e. The van der Waals surface area contributed by atoms with E-state index < -0.39 is 35.4 Å². The molecule has 0 atom stereocenters. The molecule has 13 nitrogen and oxygen atoms in total. The molecule has 16 heteroatoms. The second-order valence-corrected chi connectivity index (χ2v) is 10.4. The summed E-state index contributed by atoms with van der Waals surface area (Å²) in [5.74, 6) is -2.86. The minimum Gasteiger partial charge on any atom is -0.481 e. The fraction of sp³-hybridized carbons (Fsp3) is 0.147. The highest BCUT2D eigenvalue weighted by Gasteiger charge is 2.31. The van der Waals surface area contributed by atoms with E-state index in [9.17, 15) is 37.1 Å². The van der Waals surface area contributed by atoms with Crippen molar-refractivity contribution in [3.8, 4) is 0 Å². The molecule has 4 amide bonds. The summed E-state index contributed by atoms with van der Waals surface area (Å²) >= 11 is 0. The van der Waals surface area contributed by atoms with E-state index in [4.69, 9.17) is 5.11 Å². The Hall–Kier alpha value is -6.58. The molecule has 0 saturated carbocycles. The number of alkyl halides is 3. The van der Waals surface area contributed by atoms with Crippen molar-refractivity contribution in [2.45, 2.75) is 32.4 Å². The van der Waals surface area contributed by atoms with Crippen molar-refractivity contribution in [3.05, 3.63) is 114 Å². The van der Waals surface area contributed by atoms with Gasteiger partial charge in [0, 0.05) is 41.0 Å². The zero-order valence-electron chi connectivity index (χ0n) is 26.5. The Morgan fingerprint density at radius 3 is 2.08 bits per heavy atom. The molecule has 0 radical (unpaired) electrons. The number of nitrogens with one attached hydrogen (secondary N) is 4. The van der Waals surface area contributed by atoms with E-state index in [0.29, 0.717) is 16.9 Å². The summed E-state index contributed by atoms with van der Waals surface area (Å²) in [6, 6.07) is 15.3. The Morgan fingerprint density at radius 1 is 0.820 bits per heavy atom. The lowest BCUT2D eigenvalue weighted by Gasteiger charge is -2.12. The minimum absolute atomic E-state index is 0.0680. The molecular weight excluding hydrogens is 659 g/mol. The smallest absolute Gasteiger partial charge is 0.416 e. The van der Waals surface area contributed by atoms with Crippen LogP contribution in [0.4, 0.5) is 41.9 Å². The number of nitrogens with two attached hydrogens (primary N) is 1. The van der Waals surface area contributed by atoms with Gasteiger partial charge in [-0.05, 0) is 73.5 Å². The number of carbonyl (C=O) groups excluding carboxylic acids is 4. The molecule has 4 rings (SSSR count). The zero-order valence-corrected chi connectivity index (χ0v) is 26.5. The number of carboxylic acid groups (broad SMARTS) is 1. The third-order valence-electron chi connectivity index (χ3n) is 6.50. The van der Waals surface area contributed by atoms with Crippen molar-refractivity contribution in [1.29, 1.82) is 0 Å². The molecule has 4 aromatic rings. The van der Waals surface area contributed by atoms with Crippen LogP contribution in [-0.4, -0.2) is 44.7 Å². The number of halogens is 3. The van der Waals surface area contributed by atoms with Gasteiger partial charge < -0.3 is 32.1 Å². The molecule has 0 fully saturated rings. The van der Waals surface area contributed by atoms with Crippen LogP contribution in [0.5, 0.6) is 0 Å². The molecule has 50 heavy (non-hydrogen) atoms. The van der Waals surface area contributed by atoms with Crippen LogP contribution in [0.3, 0.4) is 0 Å². The van der Waals surface area contributed by atoms with Gasteiger partial charge in [-0.15, -0.1) is 0 Å². The van der Waals surface area contributed by atoms with E-state index in [-0.39, 0.29) is 53.6 Å². The number of anilines is 5. The van der Waals surface area contributed by atoms with Crippen molar-refractivity contribution in [3.63, 3.8) is 0 Å². The summed E-state index contributed by atoms with van der Waals surface area (Å²) in [5, 5.41) is 19.6. The number of benzene rings is 3. The number of amides is 4. The van der Waals surface area contributed by atoms with Gasteiger partial charge in [0.25, 0.3) is 11.8 Å².